The first-order valence-electron chi connectivity index (χ1n) is 9.09. The van der Waals surface area contributed by atoms with Crippen LogP contribution in [0.15, 0.2) is 57.2 Å². The number of halogens is 2. The van der Waals surface area contributed by atoms with Gasteiger partial charge >= 0.3 is 0 Å². The molecule has 4 rings (SSSR count). The Bertz CT molecular complexity index is 943. The fourth-order valence-electron chi connectivity index (χ4n) is 3.47. The molecule has 0 amide bonds. The minimum absolute atomic E-state index is 0.0110. The molecule has 1 fully saturated rings. The lowest BCUT2D eigenvalue weighted by atomic mass is 10.0. The highest BCUT2D eigenvalue weighted by molar-refractivity contribution is 9.11. The quantitative estimate of drug-likeness (QED) is 0.410. The third-order valence-electron chi connectivity index (χ3n) is 4.81. The van der Waals surface area contributed by atoms with Gasteiger partial charge in [0.1, 0.15) is 23.9 Å². The number of nitro groups is 1. The standard InChI is InChI=1S/C20H18Br2N2O5/c21-13-11-16-19(23-6-9-27-10-7-23)18(29-20(16)17(22)12-13)5-8-28-15-3-1-14(2-4-15)24(25)26/h1-5,11-12,19H,6-10H2/b18-5+/t19-/m1/s1. The molecule has 152 valence electrons. The normalized spacial score (nSPS) is 20.3. The zero-order valence-electron chi connectivity index (χ0n) is 15.3. The summed E-state index contributed by atoms with van der Waals surface area (Å²) in [7, 11) is 0. The summed E-state index contributed by atoms with van der Waals surface area (Å²) in [6.45, 7) is 3.30. The highest BCUT2D eigenvalue weighted by Crippen LogP contribution is 2.48. The van der Waals surface area contributed by atoms with Crippen molar-refractivity contribution < 1.29 is 19.1 Å². The molecule has 0 saturated carbocycles. The Kier molecular flexibility index (Phi) is 6.19. The molecule has 2 aliphatic heterocycles. The second-order valence-corrected chi connectivity index (χ2v) is 8.40. The maximum atomic E-state index is 10.8. The molecule has 7 nitrogen and oxygen atoms in total. The monoisotopic (exact) mass is 524 g/mol. The van der Waals surface area contributed by atoms with E-state index in [1.165, 1.54) is 12.1 Å². The van der Waals surface area contributed by atoms with E-state index in [1.54, 1.807) is 12.1 Å². The molecule has 0 aromatic heterocycles. The number of hydrogen-bond donors (Lipinski definition) is 0. The molecule has 9 heteroatoms. The molecular formula is C20H18Br2N2O5. The summed E-state index contributed by atoms with van der Waals surface area (Å²) in [6.07, 6.45) is 1.92. The van der Waals surface area contributed by atoms with Crippen LogP contribution in [0.5, 0.6) is 11.5 Å². The summed E-state index contributed by atoms with van der Waals surface area (Å²) < 4.78 is 19.3. The maximum absolute atomic E-state index is 10.8. The fraction of sp³-hybridized carbons (Fsp3) is 0.300. The zero-order valence-corrected chi connectivity index (χ0v) is 18.5. The van der Waals surface area contributed by atoms with E-state index in [0.717, 1.165) is 39.1 Å². The van der Waals surface area contributed by atoms with E-state index in [9.17, 15) is 10.1 Å². The van der Waals surface area contributed by atoms with Crippen LogP contribution >= 0.6 is 31.9 Å². The van der Waals surface area contributed by atoms with Gasteiger partial charge in [-0.2, -0.15) is 0 Å². The Labute approximate surface area is 184 Å². The van der Waals surface area contributed by atoms with Gasteiger partial charge in [0.15, 0.2) is 0 Å². The second kappa shape index (κ2) is 8.83. The van der Waals surface area contributed by atoms with Gasteiger partial charge in [-0.3, -0.25) is 15.0 Å². The first-order chi connectivity index (χ1) is 14.0. The van der Waals surface area contributed by atoms with Gasteiger partial charge in [-0.05, 0) is 46.3 Å². The topological polar surface area (TPSA) is 74.1 Å². The van der Waals surface area contributed by atoms with Crippen LogP contribution in [0.4, 0.5) is 5.69 Å². The maximum Gasteiger partial charge on any atom is 0.269 e. The molecule has 0 spiro atoms. The molecule has 1 saturated heterocycles. The Morgan fingerprint density at radius 1 is 1.21 bits per heavy atom. The second-order valence-electron chi connectivity index (χ2n) is 6.63. The lowest BCUT2D eigenvalue weighted by molar-refractivity contribution is -0.384. The van der Waals surface area contributed by atoms with Crippen molar-refractivity contribution in [2.24, 2.45) is 0 Å². The SMILES string of the molecule is O=[N+]([O-])c1ccc(OC/C=C2/Oc3c(Br)cc(Br)cc3[C@H]2N2CCOCC2)cc1. The number of ether oxygens (including phenoxy) is 3. The summed E-state index contributed by atoms with van der Waals surface area (Å²) >= 11 is 7.15. The molecule has 2 aliphatic rings. The van der Waals surface area contributed by atoms with Crippen LogP contribution in [-0.4, -0.2) is 42.7 Å². The van der Waals surface area contributed by atoms with Crippen LogP contribution in [0.1, 0.15) is 11.6 Å². The molecule has 0 bridgehead atoms. The molecule has 0 unspecified atom stereocenters. The van der Waals surface area contributed by atoms with Gasteiger partial charge in [-0.25, -0.2) is 0 Å². The van der Waals surface area contributed by atoms with Crippen LogP contribution in [-0.2, 0) is 4.74 Å². The van der Waals surface area contributed by atoms with Crippen molar-refractivity contribution in [3.05, 3.63) is 72.9 Å². The van der Waals surface area contributed by atoms with Crippen molar-refractivity contribution in [3.63, 3.8) is 0 Å². The van der Waals surface area contributed by atoms with Crippen molar-refractivity contribution in [3.8, 4) is 11.5 Å². The smallest absolute Gasteiger partial charge is 0.269 e. The van der Waals surface area contributed by atoms with Gasteiger partial charge in [-0.15, -0.1) is 0 Å². The predicted octanol–water partition coefficient (Wildman–Crippen LogP) is 4.85. The molecule has 0 N–H and O–H groups in total. The van der Waals surface area contributed by atoms with Crippen molar-refractivity contribution in [1.29, 1.82) is 0 Å². The summed E-state index contributed by atoms with van der Waals surface area (Å²) in [5, 5.41) is 10.8. The van der Waals surface area contributed by atoms with Crippen LogP contribution < -0.4 is 9.47 Å². The Balaban J connectivity index is 1.54. The predicted molar refractivity (Wildman–Crippen MR) is 114 cm³/mol. The number of hydrogen-bond acceptors (Lipinski definition) is 6. The third-order valence-corrected chi connectivity index (χ3v) is 5.86. The zero-order chi connectivity index (χ0) is 20.4. The number of benzene rings is 2. The molecule has 0 radical (unpaired) electrons. The van der Waals surface area contributed by atoms with E-state index in [4.69, 9.17) is 14.2 Å². The van der Waals surface area contributed by atoms with E-state index in [0.29, 0.717) is 25.6 Å². The molecule has 1 atom stereocenters. The van der Waals surface area contributed by atoms with Crippen LogP contribution in [0.25, 0.3) is 0 Å². The van der Waals surface area contributed by atoms with Gasteiger partial charge in [0.25, 0.3) is 5.69 Å². The van der Waals surface area contributed by atoms with Crippen molar-refractivity contribution in [2.75, 3.05) is 32.9 Å². The molecule has 2 aromatic carbocycles. The van der Waals surface area contributed by atoms with Crippen molar-refractivity contribution in [1.82, 2.24) is 4.90 Å². The summed E-state index contributed by atoms with van der Waals surface area (Å²) in [6, 6.07) is 10.1. The fourth-order valence-corrected chi connectivity index (χ4v) is 4.81. The lowest BCUT2D eigenvalue weighted by Crippen LogP contribution is -2.39. The van der Waals surface area contributed by atoms with Gasteiger partial charge in [0.05, 0.1) is 28.7 Å². The largest absolute Gasteiger partial charge is 0.489 e. The van der Waals surface area contributed by atoms with E-state index in [1.807, 2.05) is 12.1 Å². The van der Waals surface area contributed by atoms with E-state index in [-0.39, 0.29) is 11.7 Å². The van der Waals surface area contributed by atoms with Crippen LogP contribution in [0, 0.1) is 10.1 Å². The van der Waals surface area contributed by atoms with Crippen LogP contribution in [0.2, 0.25) is 0 Å². The van der Waals surface area contributed by atoms with E-state index < -0.39 is 4.92 Å². The van der Waals surface area contributed by atoms with Gasteiger partial charge < -0.3 is 14.2 Å². The summed E-state index contributed by atoms with van der Waals surface area (Å²) in [4.78, 5) is 12.7. The minimum atomic E-state index is -0.432. The number of non-ortho nitro benzene ring substituents is 1. The van der Waals surface area contributed by atoms with Gasteiger partial charge in [0, 0.05) is 35.3 Å². The van der Waals surface area contributed by atoms with Crippen molar-refractivity contribution in [2.45, 2.75) is 6.04 Å². The first-order valence-corrected chi connectivity index (χ1v) is 10.7. The Hall–Kier alpha value is -1.94. The van der Waals surface area contributed by atoms with E-state index >= 15 is 0 Å². The highest BCUT2D eigenvalue weighted by Gasteiger charge is 2.36. The number of fused-ring (bicyclic) bond motifs is 1. The van der Waals surface area contributed by atoms with Crippen LogP contribution in [0.3, 0.4) is 0 Å². The average Bonchev–Trinajstić information content (AvgIpc) is 3.07. The highest BCUT2D eigenvalue weighted by atomic mass is 79.9. The molecule has 2 aromatic rings. The molecule has 2 heterocycles. The van der Waals surface area contributed by atoms with Crippen molar-refractivity contribution >= 4 is 37.5 Å². The Morgan fingerprint density at radius 2 is 1.93 bits per heavy atom. The molecular weight excluding hydrogens is 508 g/mol. The van der Waals surface area contributed by atoms with E-state index in [2.05, 4.69) is 42.8 Å². The number of nitro benzene ring substituents is 1. The van der Waals surface area contributed by atoms with Gasteiger partial charge in [-0.1, -0.05) is 15.9 Å². The summed E-state index contributed by atoms with van der Waals surface area (Å²) in [5.74, 6) is 2.18. The summed E-state index contributed by atoms with van der Waals surface area (Å²) in [5.41, 5.74) is 1.13. The van der Waals surface area contributed by atoms with Gasteiger partial charge in [0.2, 0.25) is 0 Å². The molecule has 29 heavy (non-hydrogen) atoms. The third kappa shape index (κ3) is 4.48. The lowest BCUT2D eigenvalue weighted by Gasteiger charge is -2.32. The minimum Gasteiger partial charge on any atom is -0.489 e. The first kappa shape index (κ1) is 20.3. The Morgan fingerprint density at radius 3 is 2.62 bits per heavy atom. The number of rotatable bonds is 5. The number of nitrogens with zero attached hydrogens (tertiary/aromatic N) is 2. The average molecular weight is 526 g/mol. The number of morpholine rings is 1. The molecule has 0 aliphatic carbocycles.